The van der Waals surface area contributed by atoms with Crippen LogP contribution in [-0.4, -0.2) is 5.97 Å². The summed E-state index contributed by atoms with van der Waals surface area (Å²) in [4.78, 5) is 11.0. The third-order valence-electron chi connectivity index (χ3n) is 6.36. The Balaban J connectivity index is 1.58. The molecule has 0 saturated heterocycles. The maximum atomic E-state index is 11.0. The highest BCUT2D eigenvalue weighted by molar-refractivity contribution is 5.72. The van der Waals surface area contributed by atoms with Gasteiger partial charge in [-0.1, -0.05) is 75.6 Å². The van der Waals surface area contributed by atoms with Crippen molar-refractivity contribution < 1.29 is 9.53 Å². The minimum absolute atomic E-state index is 0.291. The lowest BCUT2D eigenvalue weighted by molar-refractivity contribution is -0.131. The Labute approximate surface area is 176 Å². The summed E-state index contributed by atoms with van der Waals surface area (Å²) in [7, 11) is 0. The van der Waals surface area contributed by atoms with Crippen LogP contribution in [0, 0.1) is 11.8 Å². The van der Waals surface area contributed by atoms with E-state index in [0.717, 1.165) is 17.4 Å². The van der Waals surface area contributed by atoms with E-state index >= 15 is 0 Å². The number of hydrogen-bond donors (Lipinski definition) is 0. The number of carbonyl (C=O) groups excluding carboxylic acids is 1. The third-order valence-corrected chi connectivity index (χ3v) is 6.36. The van der Waals surface area contributed by atoms with Gasteiger partial charge in [0.05, 0.1) is 0 Å². The lowest BCUT2D eigenvalue weighted by Crippen LogP contribution is -2.08. The fraction of sp³-hybridized carbons (Fsp3) is 0.444. The lowest BCUT2D eigenvalue weighted by atomic mass is 9.82. The zero-order valence-corrected chi connectivity index (χ0v) is 18.1. The molecule has 0 aromatic heterocycles. The van der Waals surface area contributed by atoms with Gasteiger partial charge >= 0.3 is 5.97 Å². The van der Waals surface area contributed by atoms with Crippen LogP contribution in [-0.2, 0) is 4.79 Å². The van der Waals surface area contributed by atoms with Crippen molar-refractivity contribution in [2.24, 2.45) is 11.8 Å². The van der Waals surface area contributed by atoms with Gasteiger partial charge in [0.1, 0.15) is 5.75 Å². The highest BCUT2D eigenvalue weighted by Gasteiger charge is 2.17. The van der Waals surface area contributed by atoms with Gasteiger partial charge in [-0.3, -0.25) is 4.79 Å². The Morgan fingerprint density at radius 1 is 0.966 bits per heavy atom. The van der Waals surface area contributed by atoms with Crippen molar-refractivity contribution in [3.05, 3.63) is 60.2 Å². The first-order chi connectivity index (χ1) is 14.1. The molecule has 1 unspecified atom stereocenters. The minimum atomic E-state index is -0.291. The van der Waals surface area contributed by atoms with E-state index in [4.69, 9.17) is 4.74 Å². The van der Waals surface area contributed by atoms with E-state index in [2.05, 4.69) is 44.2 Å². The number of esters is 1. The van der Waals surface area contributed by atoms with Gasteiger partial charge in [0.25, 0.3) is 0 Å². The van der Waals surface area contributed by atoms with Gasteiger partial charge in [0.15, 0.2) is 0 Å². The van der Waals surface area contributed by atoms with Gasteiger partial charge in [-0.2, -0.15) is 0 Å². The lowest BCUT2D eigenvalue weighted by Gasteiger charge is -2.24. The van der Waals surface area contributed by atoms with Crippen molar-refractivity contribution in [3.63, 3.8) is 0 Å². The molecule has 0 saturated carbocycles. The van der Waals surface area contributed by atoms with Crippen molar-refractivity contribution in [2.75, 3.05) is 0 Å². The molecule has 2 aromatic carbocycles. The molecule has 2 nitrogen and oxygen atoms in total. The summed E-state index contributed by atoms with van der Waals surface area (Å²) < 4.78 is 5.11. The highest BCUT2D eigenvalue weighted by Crippen LogP contribution is 2.34. The molecule has 0 amide bonds. The maximum Gasteiger partial charge on any atom is 0.308 e. The number of ether oxygens (including phenoxy) is 1. The second-order valence-electron chi connectivity index (χ2n) is 8.33. The smallest absolute Gasteiger partial charge is 0.308 e. The predicted octanol–water partition coefficient (Wildman–Crippen LogP) is 7.68. The van der Waals surface area contributed by atoms with Crippen LogP contribution >= 0.6 is 0 Å². The van der Waals surface area contributed by atoms with Crippen molar-refractivity contribution in [3.8, 4) is 16.9 Å². The third kappa shape index (κ3) is 6.06. The van der Waals surface area contributed by atoms with Crippen LogP contribution in [0.4, 0.5) is 0 Å². The number of hydrogen-bond acceptors (Lipinski definition) is 2. The topological polar surface area (TPSA) is 26.3 Å². The monoisotopic (exact) mass is 390 g/mol. The van der Waals surface area contributed by atoms with E-state index in [0.29, 0.717) is 5.75 Å². The Kier molecular flexibility index (Phi) is 7.69. The van der Waals surface area contributed by atoms with E-state index in [1.165, 1.54) is 68.6 Å². The molecule has 29 heavy (non-hydrogen) atoms. The molecule has 2 heteroatoms. The van der Waals surface area contributed by atoms with Crippen molar-refractivity contribution >= 4 is 11.5 Å². The fourth-order valence-corrected chi connectivity index (χ4v) is 4.34. The molecule has 0 radical (unpaired) electrons. The minimum Gasteiger partial charge on any atom is -0.427 e. The molecule has 154 valence electrons. The summed E-state index contributed by atoms with van der Waals surface area (Å²) in [6, 6.07) is 16.5. The summed E-state index contributed by atoms with van der Waals surface area (Å²) in [5.41, 5.74) is 5.17. The van der Waals surface area contributed by atoms with Gasteiger partial charge < -0.3 is 4.74 Å². The van der Waals surface area contributed by atoms with Crippen LogP contribution in [0.2, 0.25) is 0 Å². The number of benzene rings is 2. The largest absolute Gasteiger partial charge is 0.427 e. The average Bonchev–Trinajstić information content (AvgIpc) is 2.75. The fourth-order valence-electron chi connectivity index (χ4n) is 4.34. The number of allylic oxidation sites excluding steroid dienone is 2. The van der Waals surface area contributed by atoms with Crippen LogP contribution in [0.5, 0.6) is 5.75 Å². The van der Waals surface area contributed by atoms with Crippen LogP contribution in [0.1, 0.15) is 71.3 Å². The van der Waals surface area contributed by atoms with E-state index in [1.54, 1.807) is 0 Å². The van der Waals surface area contributed by atoms with Crippen molar-refractivity contribution in [2.45, 2.75) is 65.7 Å². The second kappa shape index (κ2) is 10.4. The summed E-state index contributed by atoms with van der Waals surface area (Å²) in [6.45, 7) is 6.07. The van der Waals surface area contributed by atoms with Gasteiger partial charge in [-0.25, -0.2) is 0 Å². The van der Waals surface area contributed by atoms with Crippen LogP contribution in [0.15, 0.2) is 54.6 Å². The van der Waals surface area contributed by atoms with E-state index in [9.17, 15) is 4.79 Å². The Morgan fingerprint density at radius 2 is 1.55 bits per heavy atom. The van der Waals surface area contributed by atoms with E-state index in [-0.39, 0.29) is 5.97 Å². The van der Waals surface area contributed by atoms with Crippen molar-refractivity contribution in [1.29, 1.82) is 0 Å². The van der Waals surface area contributed by atoms with Crippen LogP contribution < -0.4 is 4.74 Å². The highest BCUT2D eigenvalue weighted by atomic mass is 16.5. The summed E-state index contributed by atoms with van der Waals surface area (Å²) in [5.74, 6) is 2.08. The molecule has 3 rings (SSSR count). The maximum absolute atomic E-state index is 11.0. The molecule has 0 N–H and O–H groups in total. The van der Waals surface area contributed by atoms with Crippen LogP contribution in [0.3, 0.4) is 0 Å². The zero-order valence-electron chi connectivity index (χ0n) is 18.1. The SMILES string of the molecule is CCC(CC)CCC1CC=C(c2ccc(-c3ccc(OC(C)=O)cc3)cc2)CC1. The molecular weight excluding hydrogens is 356 g/mol. The quantitative estimate of drug-likeness (QED) is 0.341. The molecule has 1 atom stereocenters. The van der Waals surface area contributed by atoms with Gasteiger partial charge in [-0.05, 0) is 71.9 Å². The normalized spacial score (nSPS) is 16.6. The Morgan fingerprint density at radius 3 is 2.07 bits per heavy atom. The molecule has 0 heterocycles. The van der Waals surface area contributed by atoms with Gasteiger partial charge in [0, 0.05) is 6.92 Å². The molecule has 0 bridgehead atoms. The van der Waals surface area contributed by atoms with E-state index < -0.39 is 0 Å². The summed E-state index contributed by atoms with van der Waals surface area (Å²) in [6.07, 6.45) is 11.7. The van der Waals surface area contributed by atoms with E-state index in [1.807, 2.05) is 24.3 Å². The molecule has 2 aromatic rings. The summed E-state index contributed by atoms with van der Waals surface area (Å²) >= 11 is 0. The molecule has 0 spiro atoms. The first-order valence-corrected chi connectivity index (χ1v) is 11.2. The number of carbonyl (C=O) groups is 1. The predicted molar refractivity (Wildman–Crippen MR) is 122 cm³/mol. The second-order valence-corrected chi connectivity index (χ2v) is 8.33. The average molecular weight is 391 g/mol. The Hall–Kier alpha value is -2.35. The zero-order chi connectivity index (χ0) is 20.6. The Bertz CT molecular complexity index is 811. The first-order valence-electron chi connectivity index (χ1n) is 11.2. The number of rotatable bonds is 8. The first kappa shape index (κ1) is 21.4. The standard InChI is InChI=1S/C27H34O2/c1-4-21(5-2)6-7-22-8-10-23(11-9-22)24-12-14-25(15-13-24)26-16-18-27(19-17-26)29-20(3)28/h10,12-19,21-22H,4-9,11H2,1-3H3. The molecule has 0 fully saturated rings. The van der Waals surface area contributed by atoms with Gasteiger partial charge in [-0.15, -0.1) is 0 Å². The molecule has 1 aliphatic carbocycles. The van der Waals surface area contributed by atoms with Gasteiger partial charge in [0.2, 0.25) is 0 Å². The van der Waals surface area contributed by atoms with Crippen LogP contribution in [0.25, 0.3) is 16.7 Å². The summed E-state index contributed by atoms with van der Waals surface area (Å²) in [5, 5.41) is 0. The molecular formula is C27H34O2. The molecule has 1 aliphatic rings. The van der Waals surface area contributed by atoms with Crippen molar-refractivity contribution in [1.82, 2.24) is 0 Å². The molecule has 0 aliphatic heterocycles.